The van der Waals surface area contributed by atoms with Crippen molar-refractivity contribution < 1.29 is 36.0 Å². The molecule has 0 aromatic carbocycles. The lowest BCUT2D eigenvalue weighted by molar-refractivity contribution is -0.159. The number of esters is 1. The van der Waals surface area contributed by atoms with Crippen LogP contribution >= 0.6 is 0 Å². The second-order valence-electron chi connectivity index (χ2n) is 4.73. The monoisotopic (exact) mass is 331 g/mol. The van der Waals surface area contributed by atoms with E-state index in [1.165, 1.54) is 0 Å². The van der Waals surface area contributed by atoms with E-state index >= 15 is 0 Å². The Kier molecular flexibility index (Phi) is 6.44. The molecule has 7 nitrogen and oxygen atoms in total. The van der Waals surface area contributed by atoms with Gasteiger partial charge in [0.05, 0.1) is 13.2 Å². The van der Waals surface area contributed by atoms with Gasteiger partial charge in [-0.15, -0.1) is 0 Å². The number of halogens is 2. The van der Waals surface area contributed by atoms with Gasteiger partial charge in [-0.3, -0.25) is 14.2 Å². The van der Waals surface area contributed by atoms with Crippen LogP contribution in [0.25, 0.3) is 0 Å². The Bertz CT molecular complexity index is 450. The summed E-state index contributed by atoms with van der Waals surface area (Å²) in [6.45, 7) is 4.03. The second kappa shape index (κ2) is 7.43. The number of morpholine rings is 1. The average Bonchev–Trinajstić information content (AvgIpc) is 2.38. The lowest BCUT2D eigenvalue weighted by atomic mass is 10.2. The number of hydrogen-bond acceptors (Lipinski definition) is 6. The predicted molar refractivity (Wildman–Crippen MR) is 68.5 cm³/mol. The molecule has 0 aromatic heterocycles. The zero-order valence-corrected chi connectivity index (χ0v) is 12.4. The van der Waals surface area contributed by atoms with E-state index in [2.05, 4.69) is 9.64 Å². The third kappa shape index (κ3) is 5.46. The van der Waals surface area contributed by atoms with Crippen LogP contribution in [0.5, 0.6) is 0 Å². The molecule has 1 saturated heterocycles. The number of carbonyl (C=O) groups excluding carboxylic acids is 1. The summed E-state index contributed by atoms with van der Waals surface area (Å²) in [5.74, 6) is -0.931. The zero-order valence-electron chi connectivity index (χ0n) is 11.6. The van der Waals surface area contributed by atoms with Crippen LogP contribution < -0.4 is 0 Å². The van der Waals surface area contributed by atoms with Gasteiger partial charge >= 0.3 is 21.3 Å². The summed E-state index contributed by atoms with van der Waals surface area (Å²) in [7, 11) is -5.62. The fraction of sp³-hybridized carbons (Fsp3) is 0.909. The standard InChI is InChI=1S/C11H19F2NO6S/c1-9(11(12,13)21(16,17)18)20-10(15)3-2-4-14-5-7-19-8-6-14/h9H,2-8H2,1H3,(H,16,17,18). The number of hydrogen-bond donors (Lipinski definition) is 1. The van der Waals surface area contributed by atoms with Crippen molar-refractivity contribution in [3.63, 3.8) is 0 Å². The van der Waals surface area contributed by atoms with Gasteiger partial charge in [0.25, 0.3) is 0 Å². The third-order valence-electron chi connectivity index (χ3n) is 3.08. The van der Waals surface area contributed by atoms with Crippen molar-refractivity contribution in [3.8, 4) is 0 Å². The summed E-state index contributed by atoms with van der Waals surface area (Å²) in [4.78, 5) is 13.5. The Morgan fingerprint density at radius 1 is 1.43 bits per heavy atom. The minimum Gasteiger partial charge on any atom is -0.455 e. The first-order chi connectivity index (χ1) is 9.64. The average molecular weight is 331 g/mol. The Morgan fingerprint density at radius 2 is 2.00 bits per heavy atom. The molecule has 0 amide bonds. The number of ether oxygens (including phenoxy) is 2. The molecule has 0 aliphatic carbocycles. The molecular formula is C11H19F2NO6S. The van der Waals surface area contributed by atoms with Crippen LogP contribution in [0.1, 0.15) is 19.8 Å². The van der Waals surface area contributed by atoms with Gasteiger partial charge in [-0.05, 0) is 19.9 Å². The van der Waals surface area contributed by atoms with Gasteiger partial charge < -0.3 is 9.47 Å². The minimum atomic E-state index is -5.62. The van der Waals surface area contributed by atoms with Crippen LogP contribution in [0.3, 0.4) is 0 Å². The van der Waals surface area contributed by atoms with Crippen molar-refractivity contribution in [3.05, 3.63) is 0 Å². The maximum Gasteiger partial charge on any atom is 0.405 e. The van der Waals surface area contributed by atoms with E-state index in [1.54, 1.807) is 0 Å². The Labute approximate surface area is 121 Å². The lowest BCUT2D eigenvalue weighted by Crippen LogP contribution is -2.42. The number of rotatable bonds is 7. The van der Waals surface area contributed by atoms with Gasteiger partial charge in [-0.25, -0.2) is 0 Å². The molecule has 1 rings (SSSR count). The van der Waals surface area contributed by atoms with Crippen molar-refractivity contribution in [1.82, 2.24) is 4.90 Å². The highest BCUT2D eigenvalue weighted by atomic mass is 32.2. The van der Waals surface area contributed by atoms with Gasteiger partial charge in [0.15, 0.2) is 6.10 Å². The molecule has 0 radical (unpaired) electrons. The van der Waals surface area contributed by atoms with E-state index in [-0.39, 0.29) is 6.42 Å². The van der Waals surface area contributed by atoms with Crippen LogP contribution in [0.2, 0.25) is 0 Å². The molecular weight excluding hydrogens is 312 g/mol. The summed E-state index contributed by atoms with van der Waals surface area (Å²) in [6.07, 6.45) is -1.95. The largest absolute Gasteiger partial charge is 0.455 e. The van der Waals surface area contributed by atoms with Gasteiger partial charge in [-0.1, -0.05) is 0 Å². The van der Waals surface area contributed by atoms with E-state index in [0.29, 0.717) is 33.1 Å². The normalized spacial score (nSPS) is 19.2. The first-order valence-electron chi connectivity index (χ1n) is 6.49. The molecule has 1 aliphatic heterocycles. The zero-order chi connectivity index (χ0) is 16.1. The molecule has 1 unspecified atom stereocenters. The van der Waals surface area contributed by atoms with Gasteiger partial charge in [0.1, 0.15) is 0 Å². The van der Waals surface area contributed by atoms with Crippen LogP contribution in [0, 0.1) is 0 Å². The van der Waals surface area contributed by atoms with Crippen molar-refractivity contribution in [1.29, 1.82) is 0 Å². The van der Waals surface area contributed by atoms with E-state index in [0.717, 1.165) is 13.1 Å². The number of nitrogens with zero attached hydrogens (tertiary/aromatic N) is 1. The van der Waals surface area contributed by atoms with Crippen LogP contribution in [0.15, 0.2) is 0 Å². The first-order valence-corrected chi connectivity index (χ1v) is 7.93. The molecule has 10 heteroatoms. The fourth-order valence-electron chi connectivity index (χ4n) is 1.81. The highest BCUT2D eigenvalue weighted by Gasteiger charge is 2.51. The van der Waals surface area contributed by atoms with Crippen LogP contribution in [-0.4, -0.2) is 68.0 Å². The molecule has 0 aromatic rings. The summed E-state index contributed by atoms with van der Waals surface area (Å²) < 4.78 is 65.2. The van der Waals surface area contributed by atoms with Crippen molar-refractivity contribution in [2.75, 3.05) is 32.8 Å². The second-order valence-corrected chi connectivity index (χ2v) is 6.22. The molecule has 0 saturated carbocycles. The maximum atomic E-state index is 13.2. The van der Waals surface area contributed by atoms with Gasteiger partial charge in [0.2, 0.25) is 0 Å². The van der Waals surface area contributed by atoms with Gasteiger partial charge in [-0.2, -0.15) is 17.2 Å². The van der Waals surface area contributed by atoms with Crippen molar-refractivity contribution >= 4 is 16.1 Å². The summed E-state index contributed by atoms with van der Waals surface area (Å²) >= 11 is 0. The molecule has 0 bridgehead atoms. The predicted octanol–water partition coefficient (Wildman–Crippen LogP) is 0.511. The first kappa shape index (κ1) is 18.2. The van der Waals surface area contributed by atoms with Crippen molar-refractivity contribution in [2.24, 2.45) is 0 Å². The van der Waals surface area contributed by atoms with Crippen LogP contribution in [0.4, 0.5) is 8.78 Å². The molecule has 1 heterocycles. The SMILES string of the molecule is CC(OC(=O)CCCN1CCOCC1)C(F)(F)S(=O)(=O)O. The Morgan fingerprint density at radius 3 is 2.52 bits per heavy atom. The molecule has 1 atom stereocenters. The van der Waals surface area contributed by atoms with E-state index in [9.17, 15) is 22.0 Å². The molecule has 21 heavy (non-hydrogen) atoms. The van der Waals surface area contributed by atoms with E-state index < -0.39 is 27.4 Å². The molecule has 1 aliphatic rings. The molecule has 1 N–H and O–H groups in total. The van der Waals surface area contributed by atoms with Crippen LogP contribution in [-0.2, 0) is 24.4 Å². The van der Waals surface area contributed by atoms with Gasteiger partial charge in [0, 0.05) is 19.5 Å². The molecule has 0 spiro atoms. The molecule has 124 valence electrons. The summed E-state index contributed by atoms with van der Waals surface area (Å²) in [5, 5.41) is -4.52. The molecule has 1 fully saturated rings. The van der Waals surface area contributed by atoms with E-state index in [1.807, 2.05) is 0 Å². The fourth-order valence-corrected chi connectivity index (χ4v) is 2.27. The lowest BCUT2D eigenvalue weighted by Gasteiger charge is -2.26. The third-order valence-corrected chi connectivity index (χ3v) is 4.10. The Hall–Kier alpha value is -0.840. The smallest absolute Gasteiger partial charge is 0.405 e. The van der Waals surface area contributed by atoms with Crippen molar-refractivity contribution in [2.45, 2.75) is 31.1 Å². The maximum absolute atomic E-state index is 13.2. The summed E-state index contributed by atoms with van der Waals surface area (Å²) in [6, 6.07) is 0. The number of alkyl halides is 2. The van der Waals surface area contributed by atoms with E-state index in [4.69, 9.17) is 9.29 Å². The Balaban J connectivity index is 2.33. The highest BCUT2D eigenvalue weighted by Crippen LogP contribution is 2.27. The highest BCUT2D eigenvalue weighted by molar-refractivity contribution is 7.86. The topological polar surface area (TPSA) is 93.1 Å². The number of carbonyl (C=O) groups is 1. The minimum absolute atomic E-state index is 0.108. The summed E-state index contributed by atoms with van der Waals surface area (Å²) in [5.41, 5.74) is 0. The quantitative estimate of drug-likeness (QED) is 0.537.